The van der Waals surface area contributed by atoms with Crippen LogP contribution in [0.1, 0.15) is 44.0 Å². The van der Waals surface area contributed by atoms with Crippen LogP contribution in [0.5, 0.6) is 0 Å². The van der Waals surface area contributed by atoms with Gasteiger partial charge in [0.05, 0.1) is 27.0 Å². The number of nitrogens with one attached hydrogen (secondary N) is 1. The molecule has 1 aliphatic heterocycles. The molecule has 1 fully saturated rings. The van der Waals surface area contributed by atoms with Crippen LogP contribution in [0.4, 0.5) is 16.0 Å². The van der Waals surface area contributed by atoms with Crippen molar-refractivity contribution < 1.29 is 4.39 Å². The van der Waals surface area contributed by atoms with E-state index in [9.17, 15) is 0 Å². The summed E-state index contributed by atoms with van der Waals surface area (Å²) in [6.45, 7) is 7.50. The van der Waals surface area contributed by atoms with Gasteiger partial charge in [0.25, 0.3) is 0 Å². The van der Waals surface area contributed by atoms with Crippen LogP contribution >= 0.6 is 23.3 Å². The molecule has 0 bridgehead atoms. The van der Waals surface area contributed by atoms with E-state index >= 15 is 4.39 Å². The maximum Gasteiger partial charge on any atom is 0.220 e. The van der Waals surface area contributed by atoms with Crippen molar-refractivity contribution in [3.05, 3.63) is 41.3 Å². The monoisotopic (exact) mass is 472 g/mol. The molecular weight excluding hydrogens is 443 g/mol. The molecule has 3 heterocycles. The minimum absolute atomic E-state index is 0.200. The van der Waals surface area contributed by atoms with Crippen molar-refractivity contribution in [2.45, 2.75) is 39.0 Å². The third kappa shape index (κ3) is 5.05. The molecule has 9 heteroatoms. The van der Waals surface area contributed by atoms with Gasteiger partial charge in [-0.25, -0.2) is 19.3 Å². The van der Waals surface area contributed by atoms with Crippen molar-refractivity contribution in [1.29, 1.82) is 0 Å². The average molecular weight is 473 g/mol. The molecule has 0 saturated carbocycles. The number of nitrogens with zero attached hydrogens (tertiary/aromatic N) is 4. The molecule has 0 amide bonds. The number of anilines is 2. The number of halogens is 1. The fourth-order valence-corrected chi connectivity index (χ4v) is 5.73. The maximum atomic E-state index is 15.5. The molecule has 4 rings (SSSR count). The third-order valence-electron chi connectivity index (χ3n) is 5.68. The number of nitrogen functional groups attached to an aromatic ring is 1. The predicted octanol–water partition coefficient (Wildman–Crippen LogP) is 5.66. The molecule has 0 radical (unpaired) electrons. The van der Waals surface area contributed by atoms with E-state index in [-0.39, 0.29) is 11.8 Å². The summed E-state index contributed by atoms with van der Waals surface area (Å²) in [5.41, 5.74) is 8.12. The zero-order valence-corrected chi connectivity index (χ0v) is 20.1. The maximum absolute atomic E-state index is 15.5. The molecule has 0 unspecified atom stereocenters. The normalized spacial score (nSPS) is 15.2. The molecule has 6 nitrogen and oxygen atoms in total. The largest absolute Gasteiger partial charge is 0.368 e. The Balaban J connectivity index is 1.74. The molecule has 0 spiro atoms. The van der Waals surface area contributed by atoms with Crippen LogP contribution in [-0.2, 0) is 0 Å². The van der Waals surface area contributed by atoms with Crippen LogP contribution in [0.25, 0.3) is 21.8 Å². The summed E-state index contributed by atoms with van der Waals surface area (Å²) >= 11 is 3.11. The molecule has 1 aromatic carbocycles. The first kappa shape index (κ1) is 22.9. The number of rotatable bonds is 8. The Hall–Kier alpha value is -2.23. The zero-order chi connectivity index (χ0) is 22.5. The van der Waals surface area contributed by atoms with E-state index in [0.29, 0.717) is 28.6 Å². The standard InChI is InChI=1S/C23H29FN6S2/c1-3-14-31-29-17-7-5-6-16(19(17)24)20-21(18-8-11-26-23(25)27-18)32-22(28-20)15-9-12-30(4-2)13-10-15/h5-8,11,15,29H,3-4,9-10,12-14H2,1-2H3,(H2,25,26,27). The van der Waals surface area contributed by atoms with Gasteiger partial charge >= 0.3 is 0 Å². The van der Waals surface area contributed by atoms with Crippen molar-refractivity contribution >= 4 is 34.9 Å². The van der Waals surface area contributed by atoms with Crippen LogP contribution in [0, 0.1) is 5.82 Å². The lowest BCUT2D eigenvalue weighted by Crippen LogP contribution is -2.32. The van der Waals surface area contributed by atoms with Crippen molar-refractivity contribution in [3.8, 4) is 21.8 Å². The van der Waals surface area contributed by atoms with Crippen LogP contribution in [0.2, 0.25) is 0 Å². The molecule has 1 aliphatic rings. The Labute approximate surface area is 197 Å². The Morgan fingerprint density at radius 2 is 2.03 bits per heavy atom. The Bertz CT molecular complexity index is 1050. The topological polar surface area (TPSA) is 80.0 Å². The van der Waals surface area contributed by atoms with E-state index < -0.39 is 0 Å². The van der Waals surface area contributed by atoms with Crippen LogP contribution in [0.15, 0.2) is 30.5 Å². The molecule has 1 saturated heterocycles. The van der Waals surface area contributed by atoms with Gasteiger partial charge in [-0.3, -0.25) is 0 Å². The Morgan fingerprint density at radius 3 is 2.75 bits per heavy atom. The fourth-order valence-electron chi connectivity index (χ4n) is 3.89. The first-order valence-corrected chi connectivity index (χ1v) is 12.9. The number of hydrogen-bond acceptors (Lipinski definition) is 8. The molecule has 170 valence electrons. The lowest BCUT2D eigenvalue weighted by atomic mass is 9.97. The summed E-state index contributed by atoms with van der Waals surface area (Å²) in [6, 6.07) is 7.23. The first-order chi connectivity index (χ1) is 15.6. The van der Waals surface area contributed by atoms with Gasteiger partial charge in [0.2, 0.25) is 5.95 Å². The minimum atomic E-state index is -0.294. The second-order valence-electron chi connectivity index (χ2n) is 7.86. The SMILES string of the molecule is CCCSNc1cccc(-c2nc(C3CCN(CC)CC3)sc2-c2ccnc(N)n2)c1F. The van der Waals surface area contributed by atoms with E-state index in [1.165, 1.54) is 11.9 Å². The molecule has 0 atom stereocenters. The highest BCUT2D eigenvalue weighted by molar-refractivity contribution is 8.00. The van der Waals surface area contributed by atoms with Gasteiger partial charge < -0.3 is 15.4 Å². The third-order valence-corrected chi connectivity index (χ3v) is 7.89. The van der Waals surface area contributed by atoms with Gasteiger partial charge in [-0.2, -0.15) is 0 Å². The van der Waals surface area contributed by atoms with Gasteiger partial charge in [0, 0.05) is 23.4 Å². The van der Waals surface area contributed by atoms with Crippen molar-refractivity contribution in [1.82, 2.24) is 19.9 Å². The number of thiazole rings is 1. The molecule has 2 aromatic heterocycles. The lowest BCUT2D eigenvalue weighted by Gasteiger charge is -2.29. The second kappa shape index (κ2) is 10.6. The van der Waals surface area contributed by atoms with E-state index in [4.69, 9.17) is 10.7 Å². The lowest BCUT2D eigenvalue weighted by molar-refractivity contribution is 0.222. The predicted molar refractivity (Wildman–Crippen MR) is 133 cm³/mol. The first-order valence-electron chi connectivity index (χ1n) is 11.1. The fraction of sp³-hybridized carbons (Fsp3) is 0.435. The molecule has 32 heavy (non-hydrogen) atoms. The van der Waals surface area contributed by atoms with Crippen LogP contribution < -0.4 is 10.5 Å². The Morgan fingerprint density at radius 1 is 1.22 bits per heavy atom. The Kier molecular flexibility index (Phi) is 7.59. The van der Waals surface area contributed by atoms with E-state index in [0.717, 1.165) is 54.5 Å². The molecular formula is C23H29FN6S2. The molecule has 3 aromatic rings. The number of piperidine rings is 1. The molecule has 3 N–H and O–H groups in total. The van der Waals surface area contributed by atoms with Crippen molar-refractivity contribution in [3.63, 3.8) is 0 Å². The summed E-state index contributed by atoms with van der Waals surface area (Å²) in [5.74, 6) is 1.19. The quantitative estimate of drug-likeness (QED) is 0.323. The summed E-state index contributed by atoms with van der Waals surface area (Å²) in [7, 11) is 0. The van der Waals surface area contributed by atoms with Gasteiger partial charge in [-0.15, -0.1) is 11.3 Å². The zero-order valence-electron chi connectivity index (χ0n) is 18.5. The smallest absolute Gasteiger partial charge is 0.220 e. The van der Waals surface area contributed by atoms with Gasteiger partial charge in [-0.05, 0) is 57.1 Å². The van der Waals surface area contributed by atoms with Crippen LogP contribution in [-0.4, -0.2) is 45.2 Å². The van der Waals surface area contributed by atoms with Gasteiger partial charge in [0.15, 0.2) is 5.82 Å². The number of benzene rings is 1. The van der Waals surface area contributed by atoms with E-state index in [1.807, 2.05) is 12.1 Å². The number of likely N-dealkylation sites (tertiary alicyclic amines) is 1. The van der Waals surface area contributed by atoms with E-state index in [2.05, 4.69) is 33.4 Å². The summed E-state index contributed by atoms with van der Waals surface area (Å²) in [6.07, 6.45) is 4.77. The highest BCUT2D eigenvalue weighted by Gasteiger charge is 2.27. The average Bonchev–Trinajstić information content (AvgIpc) is 3.26. The summed E-state index contributed by atoms with van der Waals surface area (Å²) in [4.78, 5) is 16.7. The summed E-state index contributed by atoms with van der Waals surface area (Å²) < 4.78 is 18.7. The van der Waals surface area contributed by atoms with Gasteiger partial charge in [0.1, 0.15) is 0 Å². The number of nitrogens with two attached hydrogens (primary N) is 1. The highest BCUT2D eigenvalue weighted by Crippen LogP contribution is 2.42. The van der Waals surface area contributed by atoms with Gasteiger partial charge in [-0.1, -0.05) is 31.9 Å². The summed E-state index contributed by atoms with van der Waals surface area (Å²) in [5, 5.41) is 1.04. The molecule has 0 aliphatic carbocycles. The van der Waals surface area contributed by atoms with Crippen molar-refractivity contribution in [2.75, 3.05) is 35.8 Å². The van der Waals surface area contributed by atoms with Crippen molar-refractivity contribution in [2.24, 2.45) is 0 Å². The minimum Gasteiger partial charge on any atom is -0.368 e. The highest BCUT2D eigenvalue weighted by atomic mass is 32.2. The second-order valence-corrected chi connectivity index (χ2v) is 9.79. The van der Waals surface area contributed by atoms with Crippen LogP contribution in [0.3, 0.4) is 0 Å². The van der Waals surface area contributed by atoms with E-state index in [1.54, 1.807) is 29.7 Å². The number of aromatic nitrogens is 3. The number of hydrogen-bond donors (Lipinski definition) is 2.